The van der Waals surface area contributed by atoms with Crippen LogP contribution in [0.15, 0.2) is 42.5 Å². The Morgan fingerprint density at radius 3 is 2.58 bits per heavy atom. The predicted octanol–water partition coefficient (Wildman–Crippen LogP) is 3.43. The Kier molecular flexibility index (Phi) is 5.21. The fraction of sp³-hybridized carbons (Fsp3) is 0.316. The van der Waals surface area contributed by atoms with Gasteiger partial charge in [0, 0.05) is 11.8 Å². The van der Waals surface area contributed by atoms with Crippen LogP contribution in [0.4, 0.5) is 5.69 Å². The maximum atomic E-state index is 12.0. The van der Waals surface area contributed by atoms with Crippen LogP contribution in [0, 0.1) is 0 Å². The first kappa shape index (κ1) is 16.2. The van der Waals surface area contributed by atoms with Gasteiger partial charge in [-0.15, -0.1) is 0 Å². The second kappa shape index (κ2) is 7.73. The molecule has 5 heteroatoms. The Morgan fingerprint density at radius 2 is 1.83 bits per heavy atom. The van der Waals surface area contributed by atoms with Gasteiger partial charge in [-0.3, -0.25) is 4.79 Å². The van der Waals surface area contributed by atoms with Crippen LogP contribution >= 0.6 is 0 Å². The van der Waals surface area contributed by atoms with Gasteiger partial charge in [-0.05, 0) is 36.2 Å². The van der Waals surface area contributed by atoms with E-state index >= 15 is 0 Å². The fourth-order valence-electron chi connectivity index (χ4n) is 2.51. The number of carbonyl (C=O) groups is 1. The molecule has 24 heavy (non-hydrogen) atoms. The summed E-state index contributed by atoms with van der Waals surface area (Å²) in [6.45, 7) is 3.17. The molecule has 1 aliphatic heterocycles. The molecule has 1 heterocycles. The second-order valence-corrected chi connectivity index (χ2v) is 5.59. The molecule has 0 unspecified atom stereocenters. The minimum atomic E-state index is -0.218. The zero-order chi connectivity index (χ0) is 16.8. The van der Waals surface area contributed by atoms with Crippen LogP contribution in [0.2, 0.25) is 0 Å². The highest BCUT2D eigenvalue weighted by Crippen LogP contribution is 2.32. The molecular weight excluding hydrogens is 306 g/mol. The maximum Gasteiger partial charge on any atom is 0.262 e. The summed E-state index contributed by atoms with van der Waals surface area (Å²) >= 11 is 0. The minimum absolute atomic E-state index is 0.0401. The van der Waals surface area contributed by atoms with Crippen LogP contribution in [0.5, 0.6) is 17.2 Å². The molecule has 1 aliphatic rings. The van der Waals surface area contributed by atoms with E-state index in [1.165, 1.54) is 5.56 Å². The highest BCUT2D eigenvalue weighted by molar-refractivity contribution is 5.92. The molecule has 0 saturated carbocycles. The lowest BCUT2D eigenvalue weighted by Crippen LogP contribution is -2.20. The lowest BCUT2D eigenvalue weighted by Gasteiger charge is -2.19. The zero-order valence-electron chi connectivity index (χ0n) is 13.7. The Hall–Kier alpha value is -2.69. The van der Waals surface area contributed by atoms with Gasteiger partial charge < -0.3 is 19.5 Å². The molecule has 1 amide bonds. The summed E-state index contributed by atoms with van der Waals surface area (Å²) in [6.07, 6.45) is 2.16. The molecule has 0 bridgehead atoms. The molecule has 2 aromatic carbocycles. The Labute approximate surface area is 141 Å². The standard InChI is InChI=1S/C19H21NO4/c1-2-3-14-4-7-16(8-5-14)24-13-19(21)20-15-6-9-17-18(12-15)23-11-10-22-17/h4-9,12H,2-3,10-11,13H2,1H3,(H,20,21). The maximum absolute atomic E-state index is 12.0. The van der Waals surface area contributed by atoms with E-state index in [1.807, 2.05) is 24.3 Å². The number of hydrogen-bond acceptors (Lipinski definition) is 4. The van der Waals surface area contributed by atoms with Crippen LogP contribution in [0.3, 0.4) is 0 Å². The molecule has 3 rings (SSSR count). The molecule has 2 aromatic rings. The van der Waals surface area contributed by atoms with Gasteiger partial charge in [0.05, 0.1) is 0 Å². The van der Waals surface area contributed by atoms with Crippen molar-refractivity contribution in [1.29, 1.82) is 0 Å². The quantitative estimate of drug-likeness (QED) is 0.883. The first-order valence-corrected chi connectivity index (χ1v) is 8.16. The Morgan fingerprint density at radius 1 is 1.08 bits per heavy atom. The number of hydrogen-bond donors (Lipinski definition) is 1. The molecule has 0 atom stereocenters. The van der Waals surface area contributed by atoms with Gasteiger partial charge in [-0.2, -0.15) is 0 Å². The van der Waals surface area contributed by atoms with E-state index in [0.29, 0.717) is 36.1 Å². The monoisotopic (exact) mass is 327 g/mol. The molecule has 0 aromatic heterocycles. The molecule has 0 fully saturated rings. The van der Waals surface area contributed by atoms with E-state index in [-0.39, 0.29) is 12.5 Å². The van der Waals surface area contributed by atoms with Crippen molar-refractivity contribution in [2.45, 2.75) is 19.8 Å². The highest BCUT2D eigenvalue weighted by atomic mass is 16.6. The third kappa shape index (κ3) is 4.19. The summed E-state index contributed by atoms with van der Waals surface area (Å²) in [5.74, 6) is 1.81. The lowest BCUT2D eigenvalue weighted by molar-refractivity contribution is -0.118. The van der Waals surface area contributed by atoms with Crippen molar-refractivity contribution in [3.05, 3.63) is 48.0 Å². The SMILES string of the molecule is CCCc1ccc(OCC(=O)Nc2ccc3c(c2)OCCO3)cc1. The van der Waals surface area contributed by atoms with Crippen molar-refractivity contribution in [1.82, 2.24) is 0 Å². The largest absolute Gasteiger partial charge is 0.486 e. The molecule has 0 radical (unpaired) electrons. The second-order valence-electron chi connectivity index (χ2n) is 5.59. The summed E-state index contributed by atoms with van der Waals surface area (Å²) in [6, 6.07) is 13.2. The van der Waals surface area contributed by atoms with Crippen LogP contribution in [-0.4, -0.2) is 25.7 Å². The number of anilines is 1. The number of ether oxygens (including phenoxy) is 3. The van der Waals surface area contributed by atoms with E-state index in [2.05, 4.69) is 12.2 Å². The molecule has 5 nitrogen and oxygen atoms in total. The van der Waals surface area contributed by atoms with E-state index in [9.17, 15) is 4.79 Å². The fourth-order valence-corrected chi connectivity index (χ4v) is 2.51. The van der Waals surface area contributed by atoms with Crippen molar-refractivity contribution in [3.63, 3.8) is 0 Å². The van der Waals surface area contributed by atoms with Gasteiger partial charge >= 0.3 is 0 Å². The van der Waals surface area contributed by atoms with Crippen LogP contribution in [-0.2, 0) is 11.2 Å². The third-order valence-corrected chi connectivity index (χ3v) is 3.66. The first-order valence-electron chi connectivity index (χ1n) is 8.16. The third-order valence-electron chi connectivity index (χ3n) is 3.66. The smallest absolute Gasteiger partial charge is 0.262 e. The van der Waals surface area contributed by atoms with E-state index < -0.39 is 0 Å². The van der Waals surface area contributed by atoms with Crippen LogP contribution in [0.1, 0.15) is 18.9 Å². The number of nitrogens with one attached hydrogen (secondary N) is 1. The van der Waals surface area contributed by atoms with E-state index in [0.717, 1.165) is 12.8 Å². The topological polar surface area (TPSA) is 56.8 Å². The molecule has 0 aliphatic carbocycles. The van der Waals surface area contributed by atoms with Crippen molar-refractivity contribution < 1.29 is 19.0 Å². The predicted molar refractivity (Wildman–Crippen MR) is 92.0 cm³/mol. The van der Waals surface area contributed by atoms with Gasteiger partial charge in [-0.1, -0.05) is 25.5 Å². The molecule has 0 saturated heterocycles. The Balaban J connectivity index is 1.52. The van der Waals surface area contributed by atoms with E-state index in [4.69, 9.17) is 14.2 Å². The van der Waals surface area contributed by atoms with Crippen LogP contribution < -0.4 is 19.5 Å². The van der Waals surface area contributed by atoms with Gasteiger partial charge in [0.2, 0.25) is 0 Å². The summed E-state index contributed by atoms with van der Waals surface area (Å²) in [4.78, 5) is 12.0. The van der Waals surface area contributed by atoms with Gasteiger partial charge in [0.15, 0.2) is 18.1 Å². The molecule has 126 valence electrons. The van der Waals surface area contributed by atoms with E-state index in [1.54, 1.807) is 18.2 Å². The van der Waals surface area contributed by atoms with Crippen molar-refractivity contribution >= 4 is 11.6 Å². The normalized spacial score (nSPS) is 12.5. The van der Waals surface area contributed by atoms with Crippen molar-refractivity contribution in [3.8, 4) is 17.2 Å². The van der Waals surface area contributed by atoms with Gasteiger partial charge in [0.1, 0.15) is 19.0 Å². The first-order chi connectivity index (χ1) is 11.7. The highest BCUT2D eigenvalue weighted by Gasteiger charge is 2.13. The zero-order valence-corrected chi connectivity index (χ0v) is 13.7. The number of benzene rings is 2. The lowest BCUT2D eigenvalue weighted by atomic mass is 10.1. The van der Waals surface area contributed by atoms with Gasteiger partial charge in [-0.25, -0.2) is 0 Å². The average molecular weight is 327 g/mol. The summed E-state index contributed by atoms with van der Waals surface area (Å²) < 4.78 is 16.5. The summed E-state index contributed by atoms with van der Waals surface area (Å²) in [5.41, 5.74) is 1.93. The number of rotatable bonds is 6. The average Bonchev–Trinajstić information content (AvgIpc) is 2.61. The van der Waals surface area contributed by atoms with Crippen molar-refractivity contribution in [2.24, 2.45) is 0 Å². The van der Waals surface area contributed by atoms with Crippen molar-refractivity contribution in [2.75, 3.05) is 25.1 Å². The summed E-state index contributed by atoms with van der Waals surface area (Å²) in [5, 5.41) is 2.79. The number of carbonyl (C=O) groups excluding carboxylic acids is 1. The number of amides is 1. The Bertz CT molecular complexity index is 697. The minimum Gasteiger partial charge on any atom is -0.486 e. The van der Waals surface area contributed by atoms with Crippen LogP contribution in [0.25, 0.3) is 0 Å². The number of fused-ring (bicyclic) bond motifs is 1. The molecule has 1 N–H and O–H groups in total. The molecule has 0 spiro atoms. The molecular formula is C19H21NO4. The summed E-state index contributed by atoms with van der Waals surface area (Å²) in [7, 11) is 0. The number of aryl methyl sites for hydroxylation is 1. The van der Waals surface area contributed by atoms with Gasteiger partial charge in [0.25, 0.3) is 5.91 Å².